The molecule has 4 aliphatic rings. The van der Waals surface area contributed by atoms with E-state index in [2.05, 4.69) is 0 Å². The summed E-state index contributed by atoms with van der Waals surface area (Å²) in [4.78, 5) is 44.3. The van der Waals surface area contributed by atoms with Gasteiger partial charge in [0.25, 0.3) is 0 Å². The maximum atomic E-state index is 13.4. The van der Waals surface area contributed by atoms with Crippen molar-refractivity contribution in [2.45, 2.75) is 75.9 Å². The molecule has 3 saturated heterocycles. The number of halogens is 4. The van der Waals surface area contributed by atoms with Crippen LogP contribution in [0.4, 0.5) is 13.2 Å². The van der Waals surface area contributed by atoms with Crippen LogP contribution in [0.2, 0.25) is 5.02 Å². The fourth-order valence-electron chi connectivity index (χ4n) is 6.18. The van der Waals surface area contributed by atoms with Crippen LogP contribution in [-0.2, 0) is 31.7 Å². The molecule has 1 saturated carbocycles. The number of amides is 3. The van der Waals surface area contributed by atoms with Crippen molar-refractivity contribution in [1.29, 1.82) is 0 Å². The molecule has 3 aliphatic heterocycles. The third-order valence-corrected chi connectivity index (χ3v) is 9.14. The Labute approximate surface area is 230 Å². The number of fused-ring (bicyclic) bond motifs is 1. The van der Waals surface area contributed by atoms with E-state index in [1.165, 1.54) is 11.0 Å². The van der Waals surface area contributed by atoms with Gasteiger partial charge in [-0.2, -0.15) is 13.2 Å². The quantitative estimate of drug-likeness (QED) is 0.587. The number of aliphatic hydroxyl groups excluding tert-OH is 1. The van der Waals surface area contributed by atoms with Crippen molar-refractivity contribution in [2.75, 3.05) is 32.8 Å². The summed E-state index contributed by atoms with van der Waals surface area (Å²) in [6.45, 7) is 3.40. The summed E-state index contributed by atoms with van der Waals surface area (Å²) in [7, 11) is 0. The molecule has 0 unspecified atom stereocenters. The van der Waals surface area contributed by atoms with E-state index in [1.807, 2.05) is 0 Å². The van der Waals surface area contributed by atoms with Crippen LogP contribution in [0.15, 0.2) is 18.2 Å². The van der Waals surface area contributed by atoms with E-state index in [1.54, 1.807) is 16.7 Å². The molecule has 1 N–H and O–H groups in total. The Hall–Kier alpha value is -2.37. The number of aliphatic hydroxyl groups is 1. The van der Waals surface area contributed by atoms with Gasteiger partial charge >= 0.3 is 6.18 Å². The Morgan fingerprint density at radius 3 is 2.54 bits per heavy atom. The zero-order valence-electron chi connectivity index (χ0n) is 21.8. The molecule has 1 aromatic rings. The standard InChI is InChI=1S/C27H33ClF3N3O5/c1-16-25(38)34-18(3-5-23(36)32-9-8-26(6-7-26)22(35)13-32)14-39-15-19(34)12-33(16)24(37)11-17-2-4-20(21(28)10-17)27(29,30)31/h2,4,10,16,18-19,22,35H,3,5-9,11-15H2,1H3/t16-,18-,19+,22+/m0/s1. The van der Waals surface area contributed by atoms with Gasteiger partial charge in [0.1, 0.15) is 6.04 Å². The van der Waals surface area contributed by atoms with Gasteiger partial charge < -0.3 is 24.5 Å². The topological polar surface area (TPSA) is 90.4 Å². The first-order valence-corrected chi connectivity index (χ1v) is 13.8. The number of hydrogen-bond acceptors (Lipinski definition) is 5. The lowest BCUT2D eigenvalue weighted by atomic mass is 9.90. The number of β-amino-alcohol motifs (C(OH)–C–C–N with tert-alkyl or cyclic N) is 1. The lowest BCUT2D eigenvalue weighted by molar-refractivity contribution is -0.168. The average molecular weight is 572 g/mol. The number of carbonyl (C=O) groups is 3. The highest BCUT2D eigenvalue weighted by atomic mass is 35.5. The van der Waals surface area contributed by atoms with Gasteiger partial charge in [-0.1, -0.05) is 17.7 Å². The van der Waals surface area contributed by atoms with E-state index in [-0.39, 0.29) is 61.2 Å². The van der Waals surface area contributed by atoms with Crippen molar-refractivity contribution in [3.8, 4) is 0 Å². The van der Waals surface area contributed by atoms with Crippen molar-refractivity contribution < 1.29 is 37.4 Å². The van der Waals surface area contributed by atoms with Crippen LogP contribution in [0.25, 0.3) is 0 Å². The first kappa shape index (κ1) is 28.2. The number of carbonyl (C=O) groups excluding carboxylic acids is 3. The number of ether oxygens (including phenoxy) is 1. The molecule has 3 amide bonds. The fraction of sp³-hybridized carbons (Fsp3) is 0.667. The molecule has 1 aliphatic carbocycles. The number of morpholine rings is 1. The summed E-state index contributed by atoms with van der Waals surface area (Å²) in [5.41, 5.74) is -0.629. The first-order chi connectivity index (χ1) is 18.4. The Kier molecular flexibility index (Phi) is 7.62. The maximum absolute atomic E-state index is 13.4. The van der Waals surface area contributed by atoms with Gasteiger partial charge in [0.05, 0.1) is 48.4 Å². The predicted molar refractivity (Wildman–Crippen MR) is 135 cm³/mol. The predicted octanol–water partition coefficient (Wildman–Crippen LogP) is 2.88. The molecular formula is C27H33ClF3N3O5. The lowest BCUT2D eigenvalue weighted by Gasteiger charge is -2.50. The zero-order valence-corrected chi connectivity index (χ0v) is 22.5. The highest BCUT2D eigenvalue weighted by Gasteiger charge is 2.52. The smallest absolute Gasteiger partial charge is 0.391 e. The summed E-state index contributed by atoms with van der Waals surface area (Å²) in [6, 6.07) is 1.76. The monoisotopic (exact) mass is 571 g/mol. The molecular weight excluding hydrogens is 539 g/mol. The van der Waals surface area contributed by atoms with Gasteiger partial charge in [0.15, 0.2) is 0 Å². The largest absolute Gasteiger partial charge is 0.417 e. The summed E-state index contributed by atoms with van der Waals surface area (Å²) in [5.74, 6) is -0.674. The minimum Gasteiger partial charge on any atom is -0.391 e. The van der Waals surface area contributed by atoms with Gasteiger partial charge in [-0.3, -0.25) is 14.4 Å². The zero-order chi connectivity index (χ0) is 28.1. The van der Waals surface area contributed by atoms with Crippen molar-refractivity contribution in [3.05, 3.63) is 34.3 Å². The highest BCUT2D eigenvalue weighted by molar-refractivity contribution is 6.31. The van der Waals surface area contributed by atoms with Crippen LogP contribution >= 0.6 is 11.6 Å². The van der Waals surface area contributed by atoms with Crippen molar-refractivity contribution in [3.63, 3.8) is 0 Å². The number of piperazine rings is 1. The summed E-state index contributed by atoms with van der Waals surface area (Å²) >= 11 is 5.80. The molecule has 1 aromatic carbocycles. The van der Waals surface area contributed by atoms with E-state index in [0.29, 0.717) is 31.7 Å². The number of nitrogens with zero attached hydrogens (tertiary/aromatic N) is 3. The third-order valence-electron chi connectivity index (χ3n) is 8.82. The Bertz CT molecular complexity index is 1140. The number of rotatable bonds is 5. The van der Waals surface area contributed by atoms with Gasteiger partial charge in [0, 0.05) is 26.1 Å². The number of hydrogen-bond donors (Lipinski definition) is 1. The fourth-order valence-corrected chi connectivity index (χ4v) is 6.50. The van der Waals surface area contributed by atoms with Gasteiger partial charge in [-0.05, 0) is 55.7 Å². The van der Waals surface area contributed by atoms with Gasteiger partial charge in [-0.25, -0.2) is 0 Å². The van der Waals surface area contributed by atoms with Gasteiger partial charge in [-0.15, -0.1) is 0 Å². The summed E-state index contributed by atoms with van der Waals surface area (Å²) in [6.07, 6.45) is -1.76. The lowest BCUT2D eigenvalue weighted by Crippen LogP contribution is -2.68. The number of benzene rings is 1. The minimum atomic E-state index is -4.59. The summed E-state index contributed by atoms with van der Waals surface area (Å²) in [5, 5.41) is 9.94. The second kappa shape index (κ2) is 10.6. The molecule has 8 nitrogen and oxygen atoms in total. The Balaban J connectivity index is 1.19. The van der Waals surface area contributed by atoms with Crippen LogP contribution in [0, 0.1) is 5.41 Å². The molecule has 5 rings (SSSR count). The number of likely N-dealkylation sites (tertiary alicyclic amines) is 1. The SMILES string of the molecule is C[C@H]1C(=O)N2[C@@H](CCC(=O)N3CCC4(CC4)[C@H](O)C3)COC[C@H]2CN1C(=O)Cc1ccc(C(F)(F)F)c(Cl)c1. The third kappa shape index (κ3) is 5.63. The van der Waals surface area contributed by atoms with E-state index >= 15 is 0 Å². The van der Waals surface area contributed by atoms with Crippen molar-refractivity contribution in [1.82, 2.24) is 14.7 Å². The Morgan fingerprint density at radius 1 is 1.15 bits per heavy atom. The maximum Gasteiger partial charge on any atom is 0.417 e. The van der Waals surface area contributed by atoms with Crippen LogP contribution in [0.1, 0.15) is 50.2 Å². The molecule has 0 bridgehead atoms. The molecule has 0 aromatic heterocycles. The van der Waals surface area contributed by atoms with Crippen LogP contribution in [-0.4, -0.2) is 94.6 Å². The van der Waals surface area contributed by atoms with E-state index in [9.17, 15) is 32.7 Å². The Morgan fingerprint density at radius 2 is 1.90 bits per heavy atom. The van der Waals surface area contributed by atoms with E-state index in [4.69, 9.17) is 16.3 Å². The first-order valence-electron chi connectivity index (χ1n) is 13.4. The number of alkyl halides is 3. The molecule has 1 spiro atoms. The van der Waals surface area contributed by atoms with Crippen molar-refractivity contribution in [2.24, 2.45) is 5.41 Å². The normalized spacial score (nSPS) is 28.5. The van der Waals surface area contributed by atoms with Crippen molar-refractivity contribution >= 4 is 29.3 Å². The molecule has 3 heterocycles. The number of piperidine rings is 1. The molecule has 4 atom stereocenters. The summed E-state index contributed by atoms with van der Waals surface area (Å²) < 4.78 is 44.8. The molecule has 12 heteroatoms. The highest BCUT2D eigenvalue weighted by Crippen LogP contribution is 2.53. The molecule has 214 valence electrons. The average Bonchev–Trinajstić information content (AvgIpc) is 3.66. The minimum absolute atomic E-state index is 0.0135. The molecule has 4 fully saturated rings. The van der Waals surface area contributed by atoms with Crippen LogP contribution in [0.3, 0.4) is 0 Å². The second-order valence-electron chi connectivity index (χ2n) is 11.3. The molecule has 0 radical (unpaired) electrons. The van der Waals surface area contributed by atoms with Crippen LogP contribution in [0.5, 0.6) is 0 Å². The van der Waals surface area contributed by atoms with E-state index < -0.39 is 28.9 Å². The second-order valence-corrected chi connectivity index (χ2v) is 11.7. The van der Waals surface area contributed by atoms with Gasteiger partial charge in [0.2, 0.25) is 17.7 Å². The van der Waals surface area contributed by atoms with E-state index in [0.717, 1.165) is 31.4 Å². The van der Waals surface area contributed by atoms with Crippen LogP contribution < -0.4 is 0 Å². The molecule has 39 heavy (non-hydrogen) atoms.